The Bertz CT molecular complexity index is 703. The van der Waals surface area contributed by atoms with Crippen LogP contribution < -0.4 is 9.47 Å². The molecule has 0 bridgehead atoms. The summed E-state index contributed by atoms with van der Waals surface area (Å²) in [6, 6.07) is 9.79. The van der Waals surface area contributed by atoms with E-state index in [1.807, 2.05) is 12.1 Å². The minimum atomic E-state index is -0.308. The molecule has 0 aliphatic carbocycles. The fraction of sp³-hybridized carbons (Fsp3) is 0.368. The summed E-state index contributed by atoms with van der Waals surface area (Å²) in [5, 5.41) is 0. The zero-order chi connectivity index (χ0) is 17.1. The molecule has 3 nitrogen and oxygen atoms in total. The maximum Gasteiger partial charge on any atom is 0.163 e. The number of likely N-dealkylation sites (tertiary alicyclic amines) is 1. The summed E-state index contributed by atoms with van der Waals surface area (Å²) in [5.74, 6) is 0.355. The van der Waals surface area contributed by atoms with Crippen LogP contribution in [-0.4, -0.2) is 25.7 Å². The van der Waals surface area contributed by atoms with E-state index in [4.69, 9.17) is 9.47 Å². The third kappa shape index (κ3) is 3.36. The van der Waals surface area contributed by atoms with Gasteiger partial charge in [0.25, 0.3) is 0 Å². The molecule has 5 heteroatoms. The Kier molecular flexibility index (Phi) is 5.00. The Morgan fingerprint density at radius 1 is 1.04 bits per heavy atom. The van der Waals surface area contributed by atoms with Crippen LogP contribution in [0.5, 0.6) is 11.5 Å². The second kappa shape index (κ2) is 7.18. The first-order valence-corrected chi connectivity index (χ1v) is 8.02. The number of rotatable bonds is 5. The van der Waals surface area contributed by atoms with E-state index in [1.165, 1.54) is 32.4 Å². The zero-order valence-electron chi connectivity index (χ0n) is 13.9. The molecule has 1 atom stereocenters. The van der Waals surface area contributed by atoms with Crippen molar-refractivity contribution >= 4 is 0 Å². The highest BCUT2D eigenvalue weighted by atomic mass is 19.1. The van der Waals surface area contributed by atoms with Gasteiger partial charge in [-0.15, -0.1) is 0 Å². The second-order valence-electron chi connectivity index (χ2n) is 5.98. The highest BCUT2D eigenvalue weighted by molar-refractivity contribution is 5.43. The molecular weight excluding hydrogens is 312 g/mol. The van der Waals surface area contributed by atoms with Gasteiger partial charge in [-0.05, 0) is 43.1 Å². The topological polar surface area (TPSA) is 21.7 Å². The SMILES string of the molecule is COc1cc(F)c(CN2CCC[C@H]2c2ccc(F)cc2)cc1OC. The van der Waals surface area contributed by atoms with Crippen molar-refractivity contribution in [3.8, 4) is 11.5 Å². The Balaban J connectivity index is 1.83. The van der Waals surface area contributed by atoms with E-state index in [0.717, 1.165) is 24.9 Å². The number of halogens is 2. The summed E-state index contributed by atoms with van der Waals surface area (Å²) in [6.07, 6.45) is 2.03. The van der Waals surface area contributed by atoms with Crippen molar-refractivity contribution in [1.82, 2.24) is 4.90 Å². The summed E-state index contributed by atoms with van der Waals surface area (Å²) in [5.41, 5.74) is 1.64. The van der Waals surface area contributed by atoms with Crippen LogP contribution in [0, 0.1) is 11.6 Å². The monoisotopic (exact) mass is 333 g/mol. The molecule has 1 saturated heterocycles. The summed E-state index contributed by atoms with van der Waals surface area (Å²) >= 11 is 0. The average Bonchev–Trinajstić information content (AvgIpc) is 3.05. The molecular formula is C19H21F2NO2. The molecule has 0 N–H and O–H groups in total. The standard InChI is InChI=1S/C19H21F2NO2/c1-23-18-10-14(16(21)11-19(18)24-2)12-22-9-3-4-17(22)13-5-7-15(20)8-6-13/h5-8,10-11,17H,3-4,9,12H2,1-2H3/t17-/m0/s1. The van der Waals surface area contributed by atoms with Crippen LogP contribution >= 0.6 is 0 Å². The van der Waals surface area contributed by atoms with Crippen molar-refractivity contribution in [3.63, 3.8) is 0 Å². The lowest BCUT2D eigenvalue weighted by Gasteiger charge is -2.25. The second-order valence-corrected chi connectivity index (χ2v) is 5.98. The lowest BCUT2D eigenvalue weighted by molar-refractivity contribution is 0.244. The van der Waals surface area contributed by atoms with E-state index < -0.39 is 0 Å². The summed E-state index contributed by atoms with van der Waals surface area (Å²) in [6.45, 7) is 1.37. The van der Waals surface area contributed by atoms with Crippen molar-refractivity contribution in [2.45, 2.75) is 25.4 Å². The summed E-state index contributed by atoms with van der Waals surface area (Å²) in [7, 11) is 3.03. The predicted octanol–water partition coefficient (Wildman–Crippen LogP) is 4.32. The van der Waals surface area contributed by atoms with E-state index in [9.17, 15) is 8.78 Å². The highest BCUT2D eigenvalue weighted by Crippen LogP contribution is 2.36. The maximum absolute atomic E-state index is 14.4. The zero-order valence-corrected chi connectivity index (χ0v) is 13.9. The lowest BCUT2D eigenvalue weighted by Crippen LogP contribution is -2.23. The van der Waals surface area contributed by atoms with Crippen molar-refractivity contribution in [2.24, 2.45) is 0 Å². The number of benzene rings is 2. The first kappa shape index (κ1) is 16.7. The third-order valence-electron chi connectivity index (χ3n) is 4.54. The molecule has 1 aliphatic rings. The van der Waals surface area contributed by atoms with E-state index in [1.54, 1.807) is 6.07 Å². The first-order chi connectivity index (χ1) is 11.6. The predicted molar refractivity (Wildman–Crippen MR) is 88.3 cm³/mol. The largest absolute Gasteiger partial charge is 0.493 e. The summed E-state index contributed by atoms with van der Waals surface area (Å²) in [4.78, 5) is 2.22. The number of nitrogens with zero attached hydrogens (tertiary/aromatic N) is 1. The van der Waals surface area contributed by atoms with Gasteiger partial charge < -0.3 is 9.47 Å². The van der Waals surface area contributed by atoms with E-state index in [2.05, 4.69) is 4.90 Å². The molecule has 0 amide bonds. The van der Waals surface area contributed by atoms with Crippen molar-refractivity contribution in [2.75, 3.05) is 20.8 Å². The van der Waals surface area contributed by atoms with Gasteiger partial charge in [0.2, 0.25) is 0 Å². The molecule has 1 fully saturated rings. The molecule has 2 aromatic carbocycles. The van der Waals surface area contributed by atoms with Crippen molar-refractivity contribution < 1.29 is 18.3 Å². The fourth-order valence-electron chi connectivity index (χ4n) is 3.31. The molecule has 128 valence electrons. The Hall–Kier alpha value is -2.14. The molecule has 0 aromatic heterocycles. The Morgan fingerprint density at radius 2 is 1.71 bits per heavy atom. The van der Waals surface area contributed by atoms with Gasteiger partial charge in [-0.3, -0.25) is 4.90 Å². The molecule has 0 unspecified atom stereocenters. The van der Waals surface area contributed by atoms with Crippen LogP contribution in [0.1, 0.15) is 30.0 Å². The smallest absolute Gasteiger partial charge is 0.163 e. The van der Waals surface area contributed by atoms with Gasteiger partial charge in [0.15, 0.2) is 11.5 Å². The quantitative estimate of drug-likeness (QED) is 0.813. The van der Waals surface area contributed by atoms with Gasteiger partial charge in [0, 0.05) is 24.2 Å². The van der Waals surface area contributed by atoms with E-state index in [0.29, 0.717) is 23.6 Å². The molecule has 3 rings (SSSR count). The van der Waals surface area contributed by atoms with Crippen molar-refractivity contribution in [1.29, 1.82) is 0 Å². The molecule has 24 heavy (non-hydrogen) atoms. The minimum absolute atomic E-state index is 0.179. The van der Waals surface area contributed by atoms with Gasteiger partial charge in [0.1, 0.15) is 11.6 Å². The molecule has 2 aromatic rings. The Morgan fingerprint density at radius 3 is 2.38 bits per heavy atom. The third-order valence-corrected chi connectivity index (χ3v) is 4.54. The number of hydrogen-bond acceptors (Lipinski definition) is 3. The molecule has 0 spiro atoms. The maximum atomic E-state index is 14.4. The van der Waals surface area contributed by atoms with Gasteiger partial charge in [-0.1, -0.05) is 12.1 Å². The summed E-state index contributed by atoms with van der Waals surface area (Å²) < 4.78 is 37.9. The highest BCUT2D eigenvalue weighted by Gasteiger charge is 2.27. The van der Waals surface area contributed by atoms with Gasteiger partial charge in [-0.2, -0.15) is 0 Å². The minimum Gasteiger partial charge on any atom is -0.493 e. The Labute approximate surface area is 140 Å². The molecule has 0 saturated carbocycles. The number of hydrogen-bond donors (Lipinski definition) is 0. The fourth-order valence-corrected chi connectivity index (χ4v) is 3.31. The van der Waals surface area contributed by atoms with E-state index in [-0.39, 0.29) is 17.7 Å². The van der Waals surface area contributed by atoms with Crippen LogP contribution in [0.15, 0.2) is 36.4 Å². The first-order valence-electron chi connectivity index (χ1n) is 8.02. The molecule has 1 aliphatic heterocycles. The molecule has 1 heterocycles. The average molecular weight is 333 g/mol. The van der Waals surface area contributed by atoms with Crippen LogP contribution in [0.3, 0.4) is 0 Å². The van der Waals surface area contributed by atoms with Crippen LogP contribution in [-0.2, 0) is 6.54 Å². The normalized spacial score (nSPS) is 17.9. The van der Waals surface area contributed by atoms with Crippen molar-refractivity contribution in [3.05, 3.63) is 59.2 Å². The van der Waals surface area contributed by atoms with Crippen LogP contribution in [0.25, 0.3) is 0 Å². The number of ether oxygens (including phenoxy) is 2. The van der Waals surface area contributed by atoms with Gasteiger partial charge in [0.05, 0.1) is 14.2 Å². The lowest BCUT2D eigenvalue weighted by atomic mass is 10.0. The molecule has 0 radical (unpaired) electrons. The van der Waals surface area contributed by atoms with E-state index >= 15 is 0 Å². The van der Waals surface area contributed by atoms with Gasteiger partial charge >= 0.3 is 0 Å². The van der Waals surface area contributed by atoms with Crippen LogP contribution in [0.4, 0.5) is 8.78 Å². The van der Waals surface area contributed by atoms with Crippen LogP contribution in [0.2, 0.25) is 0 Å². The van der Waals surface area contributed by atoms with Gasteiger partial charge in [-0.25, -0.2) is 8.78 Å². The number of methoxy groups -OCH3 is 2.